The third kappa shape index (κ3) is 2.70. The van der Waals surface area contributed by atoms with E-state index >= 15 is 0 Å². The Balaban J connectivity index is 1.99. The number of aromatic nitrogens is 1. The van der Waals surface area contributed by atoms with Gasteiger partial charge in [0.05, 0.1) is 12.2 Å². The van der Waals surface area contributed by atoms with Crippen LogP contribution in [0.2, 0.25) is 0 Å². The summed E-state index contributed by atoms with van der Waals surface area (Å²) in [6.07, 6.45) is 0. The number of carbonyl (C=O) groups excluding carboxylic acids is 1. The molecule has 5 nitrogen and oxygen atoms in total. The molecule has 0 atom stereocenters. The van der Waals surface area contributed by atoms with E-state index in [-0.39, 0.29) is 5.91 Å². The summed E-state index contributed by atoms with van der Waals surface area (Å²) in [7, 11) is 1.85. The summed E-state index contributed by atoms with van der Waals surface area (Å²) in [6, 6.07) is 5.87. The Morgan fingerprint density at radius 2 is 2.44 bits per heavy atom. The minimum absolute atomic E-state index is 0.0935. The van der Waals surface area contributed by atoms with E-state index in [4.69, 9.17) is 0 Å². The molecule has 5 heteroatoms. The molecular weight excluding hydrogens is 204 g/mol. The lowest BCUT2D eigenvalue weighted by molar-refractivity contribution is -0.124. The molecule has 0 radical (unpaired) electrons. The van der Waals surface area contributed by atoms with Gasteiger partial charge in [-0.15, -0.1) is 0 Å². The molecule has 2 rings (SSSR count). The van der Waals surface area contributed by atoms with Crippen LogP contribution in [0, 0.1) is 0 Å². The number of hydrogen-bond donors (Lipinski definition) is 2. The number of anilines is 1. The topological polar surface area (TPSA) is 57.3 Å². The fourth-order valence-corrected chi connectivity index (χ4v) is 1.76. The Labute approximate surface area is 94.9 Å². The summed E-state index contributed by atoms with van der Waals surface area (Å²) < 4.78 is 0. The maximum atomic E-state index is 11.2. The average Bonchev–Trinajstić information content (AvgIpc) is 2.29. The number of nitrogens with zero attached hydrogens (tertiary/aromatic N) is 2. The number of pyridine rings is 1. The van der Waals surface area contributed by atoms with Gasteiger partial charge in [-0.2, -0.15) is 0 Å². The number of carbonyl (C=O) groups is 1. The van der Waals surface area contributed by atoms with Crippen molar-refractivity contribution >= 4 is 11.7 Å². The van der Waals surface area contributed by atoms with Crippen LogP contribution < -0.4 is 10.6 Å². The summed E-state index contributed by atoms with van der Waals surface area (Å²) in [4.78, 5) is 17.7. The molecule has 0 spiro atoms. The zero-order valence-electron chi connectivity index (χ0n) is 9.36. The lowest BCUT2D eigenvalue weighted by Crippen LogP contribution is -2.47. The number of rotatable bonds is 3. The van der Waals surface area contributed by atoms with Crippen LogP contribution in [-0.2, 0) is 11.3 Å². The first-order valence-corrected chi connectivity index (χ1v) is 5.40. The third-order valence-electron chi connectivity index (χ3n) is 2.57. The number of piperazine rings is 1. The fourth-order valence-electron chi connectivity index (χ4n) is 1.76. The fraction of sp³-hybridized carbons (Fsp3) is 0.455. The van der Waals surface area contributed by atoms with Gasteiger partial charge in [-0.3, -0.25) is 9.69 Å². The maximum Gasteiger partial charge on any atom is 0.234 e. The van der Waals surface area contributed by atoms with Crippen LogP contribution in [0.1, 0.15) is 5.69 Å². The second kappa shape index (κ2) is 4.94. The molecule has 0 aromatic carbocycles. The van der Waals surface area contributed by atoms with Gasteiger partial charge in [0.25, 0.3) is 0 Å². The largest absolute Gasteiger partial charge is 0.373 e. The molecule has 1 amide bonds. The van der Waals surface area contributed by atoms with Crippen molar-refractivity contribution in [1.82, 2.24) is 15.2 Å². The highest BCUT2D eigenvalue weighted by molar-refractivity contribution is 5.78. The zero-order chi connectivity index (χ0) is 11.4. The predicted octanol–water partition coefficient (Wildman–Crippen LogP) is 0.0551. The normalized spacial score (nSPS) is 16.9. The van der Waals surface area contributed by atoms with E-state index in [0.717, 1.165) is 31.1 Å². The monoisotopic (exact) mass is 220 g/mol. The van der Waals surface area contributed by atoms with Crippen molar-refractivity contribution in [2.75, 3.05) is 32.0 Å². The molecule has 0 bridgehead atoms. The van der Waals surface area contributed by atoms with E-state index in [9.17, 15) is 4.79 Å². The Hall–Kier alpha value is -1.62. The summed E-state index contributed by atoms with van der Waals surface area (Å²) in [5.74, 6) is 0.954. The van der Waals surface area contributed by atoms with E-state index in [2.05, 4.69) is 20.5 Å². The molecular formula is C11H16N4O. The van der Waals surface area contributed by atoms with Crippen molar-refractivity contribution in [2.24, 2.45) is 0 Å². The van der Waals surface area contributed by atoms with Crippen molar-refractivity contribution in [3.8, 4) is 0 Å². The molecule has 1 aliphatic heterocycles. The van der Waals surface area contributed by atoms with E-state index in [1.807, 2.05) is 25.2 Å². The first kappa shape index (κ1) is 10.9. The minimum Gasteiger partial charge on any atom is -0.373 e. The molecule has 2 heterocycles. The molecule has 1 fully saturated rings. The van der Waals surface area contributed by atoms with Crippen LogP contribution in [-0.4, -0.2) is 42.5 Å². The van der Waals surface area contributed by atoms with Crippen molar-refractivity contribution < 1.29 is 4.79 Å². The number of nitrogens with one attached hydrogen (secondary N) is 2. The van der Waals surface area contributed by atoms with Gasteiger partial charge in [0, 0.05) is 26.7 Å². The average molecular weight is 220 g/mol. The summed E-state index contributed by atoms with van der Waals surface area (Å²) in [5, 5.41) is 5.81. The van der Waals surface area contributed by atoms with Crippen molar-refractivity contribution in [3.05, 3.63) is 23.9 Å². The van der Waals surface area contributed by atoms with Gasteiger partial charge in [-0.05, 0) is 12.1 Å². The van der Waals surface area contributed by atoms with Gasteiger partial charge >= 0.3 is 0 Å². The molecule has 2 N–H and O–H groups in total. The van der Waals surface area contributed by atoms with E-state index in [0.29, 0.717) is 6.54 Å². The van der Waals surface area contributed by atoms with Gasteiger partial charge in [-0.1, -0.05) is 6.07 Å². The van der Waals surface area contributed by atoms with Crippen LogP contribution in [0.3, 0.4) is 0 Å². The van der Waals surface area contributed by atoms with Crippen molar-refractivity contribution in [3.63, 3.8) is 0 Å². The van der Waals surface area contributed by atoms with Crippen LogP contribution in [0.15, 0.2) is 18.2 Å². The summed E-state index contributed by atoms with van der Waals surface area (Å²) in [5.41, 5.74) is 0.988. The highest BCUT2D eigenvalue weighted by Crippen LogP contribution is 2.07. The Morgan fingerprint density at radius 1 is 1.56 bits per heavy atom. The molecule has 0 saturated carbocycles. The second-order valence-corrected chi connectivity index (χ2v) is 3.82. The predicted molar refractivity (Wildman–Crippen MR) is 62.1 cm³/mol. The smallest absolute Gasteiger partial charge is 0.234 e. The van der Waals surface area contributed by atoms with Crippen LogP contribution in [0.25, 0.3) is 0 Å². The molecule has 86 valence electrons. The lowest BCUT2D eigenvalue weighted by atomic mass is 10.3. The lowest BCUT2D eigenvalue weighted by Gasteiger charge is -2.26. The molecule has 1 saturated heterocycles. The minimum atomic E-state index is 0.0935. The Kier molecular flexibility index (Phi) is 3.36. The standard InChI is InChI=1S/C11H16N4O/c1-12-10-4-2-3-9(14-10)7-15-6-5-13-11(16)8-15/h2-4H,5-8H2,1H3,(H,12,14)(H,13,16). The molecule has 0 unspecified atom stereocenters. The first-order chi connectivity index (χ1) is 7.78. The maximum absolute atomic E-state index is 11.2. The summed E-state index contributed by atoms with van der Waals surface area (Å²) in [6.45, 7) is 2.80. The zero-order valence-corrected chi connectivity index (χ0v) is 9.36. The number of amides is 1. The van der Waals surface area contributed by atoms with Gasteiger partial charge in [0.15, 0.2) is 0 Å². The third-order valence-corrected chi connectivity index (χ3v) is 2.57. The van der Waals surface area contributed by atoms with E-state index < -0.39 is 0 Å². The van der Waals surface area contributed by atoms with Gasteiger partial charge in [-0.25, -0.2) is 4.98 Å². The van der Waals surface area contributed by atoms with Crippen LogP contribution >= 0.6 is 0 Å². The Bertz CT molecular complexity index is 380. The van der Waals surface area contributed by atoms with Crippen LogP contribution in [0.5, 0.6) is 0 Å². The SMILES string of the molecule is CNc1cccc(CN2CCNC(=O)C2)n1. The quantitative estimate of drug-likeness (QED) is 0.756. The molecule has 16 heavy (non-hydrogen) atoms. The van der Waals surface area contributed by atoms with Gasteiger partial charge in [0.1, 0.15) is 5.82 Å². The van der Waals surface area contributed by atoms with Gasteiger partial charge < -0.3 is 10.6 Å². The molecule has 1 aliphatic rings. The highest BCUT2D eigenvalue weighted by atomic mass is 16.2. The number of hydrogen-bond acceptors (Lipinski definition) is 4. The second-order valence-electron chi connectivity index (χ2n) is 3.82. The van der Waals surface area contributed by atoms with Gasteiger partial charge in [0.2, 0.25) is 5.91 Å². The molecule has 0 aliphatic carbocycles. The summed E-state index contributed by atoms with van der Waals surface area (Å²) >= 11 is 0. The van der Waals surface area contributed by atoms with Crippen LogP contribution in [0.4, 0.5) is 5.82 Å². The Morgan fingerprint density at radius 3 is 3.19 bits per heavy atom. The molecule has 1 aromatic heterocycles. The van der Waals surface area contributed by atoms with Crippen molar-refractivity contribution in [1.29, 1.82) is 0 Å². The van der Waals surface area contributed by atoms with E-state index in [1.165, 1.54) is 0 Å². The van der Waals surface area contributed by atoms with E-state index in [1.54, 1.807) is 0 Å². The highest BCUT2D eigenvalue weighted by Gasteiger charge is 2.16. The first-order valence-electron chi connectivity index (χ1n) is 5.40. The molecule has 1 aromatic rings. The van der Waals surface area contributed by atoms with Crippen molar-refractivity contribution in [2.45, 2.75) is 6.54 Å².